The fraction of sp³-hybridized carbons (Fsp3) is 0.250. The fourth-order valence-electron chi connectivity index (χ4n) is 1.61. The maximum atomic E-state index is 5.31. The van der Waals surface area contributed by atoms with Crippen molar-refractivity contribution >= 4 is 11.8 Å². The number of benzene rings is 1. The van der Waals surface area contributed by atoms with Crippen molar-refractivity contribution < 1.29 is 4.74 Å². The monoisotopic (exact) mass is 187 g/mol. The molecule has 0 bridgehead atoms. The lowest BCUT2D eigenvalue weighted by Crippen LogP contribution is -1.96. The number of hydrogen-bond donors (Lipinski definition) is 0. The lowest BCUT2D eigenvalue weighted by molar-refractivity contribution is 0.413. The van der Waals surface area contributed by atoms with Gasteiger partial charge in [-0.2, -0.15) is 0 Å². The largest absolute Gasteiger partial charge is 0.496 e. The zero-order chi connectivity index (χ0) is 9.80. The van der Waals surface area contributed by atoms with E-state index >= 15 is 0 Å². The summed E-state index contributed by atoms with van der Waals surface area (Å²) in [6.07, 6.45) is 5.01. The molecule has 0 saturated carbocycles. The van der Waals surface area contributed by atoms with Gasteiger partial charge in [-0.15, -0.1) is 0 Å². The first-order chi connectivity index (χ1) is 6.92. The summed E-state index contributed by atoms with van der Waals surface area (Å²) >= 11 is 0. The van der Waals surface area contributed by atoms with E-state index in [1.165, 1.54) is 11.1 Å². The van der Waals surface area contributed by atoms with E-state index in [1.807, 2.05) is 24.4 Å². The molecule has 0 spiro atoms. The number of rotatable bonds is 2. The van der Waals surface area contributed by atoms with E-state index in [0.717, 1.165) is 18.7 Å². The molecular formula is C12H13NO. The molecule has 0 aliphatic carbocycles. The van der Waals surface area contributed by atoms with E-state index in [2.05, 4.69) is 17.1 Å². The van der Waals surface area contributed by atoms with Gasteiger partial charge in [0.15, 0.2) is 0 Å². The van der Waals surface area contributed by atoms with Crippen molar-refractivity contribution in [2.24, 2.45) is 4.99 Å². The molecule has 0 amide bonds. The average molecular weight is 187 g/mol. The van der Waals surface area contributed by atoms with Gasteiger partial charge in [0.05, 0.1) is 13.7 Å². The van der Waals surface area contributed by atoms with Crippen molar-refractivity contribution in [3.8, 4) is 5.75 Å². The second-order valence-corrected chi connectivity index (χ2v) is 3.18. The number of dihydropyridines is 1. The van der Waals surface area contributed by atoms with Crippen molar-refractivity contribution in [2.45, 2.75) is 6.42 Å². The third kappa shape index (κ3) is 1.69. The van der Waals surface area contributed by atoms with Crippen LogP contribution in [0.15, 0.2) is 35.3 Å². The summed E-state index contributed by atoms with van der Waals surface area (Å²) in [5.74, 6) is 0.939. The summed E-state index contributed by atoms with van der Waals surface area (Å²) in [6.45, 7) is 0.785. The van der Waals surface area contributed by atoms with Crippen LogP contribution in [-0.4, -0.2) is 19.9 Å². The van der Waals surface area contributed by atoms with Crippen LogP contribution in [-0.2, 0) is 0 Å². The Morgan fingerprint density at radius 2 is 2.14 bits per heavy atom. The summed E-state index contributed by atoms with van der Waals surface area (Å²) in [7, 11) is 1.70. The van der Waals surface area contributed by atoms with Crippen molar-refractivity contribution in [1.29, 1.82) is 0 Å². The van der Waals surface area contributed by atoms with Gasteiger partial charge in [0, 0.05) is 18.2 Å². The highest BCUT2D eigenvalue weighted by Crippen LogP contribution is 2.28. The Balaban J connectivity index is 2.35. The molecule has 2 heteroatoms. The quantitative estimate of drug-likeness (QED) is 0.697. The minimum Gasteiger partial charge on any atom is -0.496 e. The van der Waals surface area contributed by atoms with E-state index in [0.29, 0.717) is 0 Å². The van der Waals surface area contributed by atoms with E-state index in [9.17, 15) is 0 Å². The summed E-state index contributed by atoms with van der Waals surface area (Å²) < 4.78 is 5.31. The van der Waals surface area contributed by atoms with E-state index in [4.69, 9.17) is 4.74 Å². The van der Waals surface area contributed by atoms with Crippen LogP contribution in [0.4, 0.5) is 0 Å². The molecule has 14 heavy (non-hydrogen) atoms. The van der Waals surface area contributed by atoms with Gasteiger partial charge in [0.25, 0.3) is 0 Å². The maximum absolute atomic E-state index is 5.31. The predicted octanol–water partition coefficient (Wildman–Crippen LogP) is 2.55. The highest BCUT2D eigenvalue weighted by molar-refractivity contribution is 5.83. The molecule has 1 aliphatic heterocycles. The molecule has 1 heterocycles. The van der Waals surface area contributed by atoms with Crippen LogP contribution < -0.4 is 4.74 Å². The molecule has 0 atom stereocenters. The first-order valence-corrected chi connectivity index (χ1v) is 4.72. The summed E-state index contributed by atoms with van der Waals surface area (Å²) in [6, 6.07) is 8.09. The van der Waals surface area contributed by atoms with Gasteiger partial charge in [-0.3, -0.25) is 4.99 Å². The van der Waals surface area contributed by atoms with Crippen molar-refractivity contribution in [3.05, 3.63) is 35.9 Å². The molecule has 0 radical (unpaired) electrons. The summed E-state index contributed by atoms with van der Waals surface area (Å²) in [5, 5.41) is 0. The third-order valence-corrected chi connectivity index (χ3v) is 2.34. The van der Waals surface area contributed by atoms with E-state index in [1.54, 1.807) is 7.11 Å². The molecule has 0 N–H and O–H groups in total. The van der Waals surface area contributed by atoms with Crippen LogP contribution in [0.25, 0.3) is 5.57 Å². The Bertz CT molecular complexity index is 380. The van der Waals surface area contributed by atoms with Gasteiger partial charge in [0.2, 0.25) is 0 Å². The number of nitrogens with zero attached hydrogens (tertiary/aromatic N) is 1. The lowest BCUT2D eigenvalue weighted by Gasteiger charge is -2.12. The van der Waals surface area contributed by atoms with Crippen LogP contribution >= 0.6 is 0 Å². The third-order valence-electron chi connectivity index (χ3n) is 2.34. The van der Waals surface area contributed by atoms with Crippen LogP contribution in [0.3, 0.4) is 0 Å². The molecule has 1 aliphatic rings. The molecule has 2 rings (SSSR count). The van der Waals surface area contributed by atoms with Gasteiger partial charge in [-0.25, -0.2) is 0 Å². The van der Waals surface area contributed by atoms with Gasteiger partial charge >= 0.3 is 0 Å². The smallest absolute Gasteiger partial charge is 0.126 e. The predicted molar refractivity (Wildman–Crippen MR) is 58.9 cm³/mol. The number of hydrogen-bond acceptors (Lipinski definition) is 2. The number of ether oxygens (including phenoxy) is 1. The fourth-order valence-corrected chi connectivity index (χ4v) is 1.61. The van der Waals surface area contributed by atoms with Crippen molar-refractivity contribution in [3.63, 3.8) is 0 Å². The second-order valence-electron chi connectivity index (χ2n) is 3.18. The number of para-hydroxylation sites is 1. The molecule has 72 valence electrons. The SMILES string of the molecule is COc1ccccc1C1=CCN=CC1. The molecule has 0 saturated heterocycles. The Hall–Kier alpha value is -1.57. The van der Waals surface area contributed by atoms with E-state index in [-0.39, 0.29) is 0 Å². The molecular weight excluding hydrogens is 174 g/mol. The van der Waals surface area contributed by atoms with Gasteiger partial charge in [-0.1, -0.05) is 24.3 Å². The van der Waals surface area contributed by atoms with Crippen LogP contribution in [0, 0.1) is 0 Å². The molecule has 0 fully saturated rings. The van der Waals surface area contributed by atoms with Gasteiger partial charge < -0.3 is 4.74 Å². The summed E-state index contributed by atoms with van der Waals surface area (Å²) in [5.41, 5.74) is 2.48. The standard InChI is InChI=1S/C12H13NO/c1-14-12-5-3-2-4-11(12)10-6-8-13-9-7-10/h2-6,9H,7-8H2,1H3. The molecule has 1 aromatic carbocycles. The highest BCUT2D eigenvalue weighted by atomic mass is 16.5. The van der Waals surface area contributed by atoms with Gasteiger partial charge in [-0.05, 0) is 11.6 Å². The Morgan fingerprint density at radius 3 is 2.86 bits per heavy atom. The Morgan fingerprint density at radius 1 is 1.29 bits per heavy atom. The topological polar surface area (TPSA) is 21.6 Å². The van der Waals surface area contributed by atoms with E-state index < -0.39 is 0 Å². The average Bonchev–Trinajstić information content (AvgIpc) is 2.30. The zero-order valence-electron chi connectivity index (χ0n) is 8.23. The minimum atomic E-state index is 0.785. The molecule has 2 nitrogen and oxygen atoms in total. The normalized spacial score (nSPS) is 15.1. The van der Waals surface area contributed by atoms with Crippen molar-refractivity contribution in [2.75, 3.05) is 13.7 Å². The van der Waals surface area contributed by atoms with Crippen LogP contribution in [0.2, 0.25) is 0 Å². The Labute approximate surface area is 83.9 Å². The maximum Gasteiger partial charge on any atom is 0.126 e. The number of methoxy groups -OCH3 is 1. The second kappa shape index (κ2) is 4.09. The van der Waals surface area contributed by atoms with Crippen molar-refractivity contribution in [1.82, 2.24) is 0 Å². The first-order valence-electron chi connectivity index (χ1n) is 4.72. The van der Waals surface area contributed by atoms with Crippen LogP contribution in [0.1, 0.15) is 12.0 Å². The Kier molecular flexibility index (Phi) is 2.63. The zero-order valence-corrected chi connectivity index (χ0v) is 8.23. The van der Waals surface area contributed by atoms with Crippen LogP contribution in [0.5, 0.6) is 5.75 Å². The number of aliphatic imine (C=N–C) groups is 1. The molecule has 1 aromatic rings. The molecule has 0 unspecified atom stereocenters. The number of allylic oxidation sites excluding steroid dienone is 1. The highest BCUT2D eigenvalue weighted by Gasteiger charge is 2.07. The van der Waals surface area contributed by atoms with Gasteiger partial charge in [0.1, 0.15) is 5.75 Å². The molecule has 0 aromatic heterocycles. The lowest BCUT2D eigenvalue weighted by atomic mass is 10.0. The first kappa shape index (κ1) is 9.00. The summed E-state index contributed by atoms with van der Waals surface area (Å²) in [4.78, 5) is 4.17. The minimum absolute atomic E-state index is 0.785.